The quantitative estimate of drug-likeness (QED) is 0.684. The predicted octanol–water partition coefficient (Wildman–Crippen LogP) is 1.70. The molecule has 2 nitrogen and oxygen atoms in total. The van der Waals surface area contributed by atoms with Crippen LogP contribution in [0.1, 0.15) is 34.1 Å². The number of nitrogens with two attached hydrogens (primary N) is 1. The molecule has 2 N–H and O–H groups in total. The van der Waals surface area contributed by atoms with E-state index < -0.39 is 0 Å². The second-order valence-corrected chi connectivity index (χ2v) is 3.95. The van der Waals surface area contributed by atoms with Crippen molar-refractivity contribution < 1.29 is 0 Å². The molecule has 0 heterocycles. The van der Waals surface area contributed by atoms with Crippen molar-refractivity contribution in [2.75, 3.05) is 13.6 Å². The van der Waals surface area contributed by atoms with Crippen LogP contribution in [0.25, 0.3) is 0 Å². The topological polar surface area (TPSA) is 29.3 Å². The molecular formula is C10H24N2. The summed E-state index contributed by atoms with van der Waals surface area (Å²) in [4.78, 5) is 2.37. The van der Waals surface area contributed by atoms with E-state index in [0.29, 0.717) is 18.0 Å². The highest BCUT2D eigenvalue weighted by Gasteiger charge is 2.20. The van der Waals surface area contributed by atoms with Crippen molar-refractivity contribution in [3.05, 3.63) is 0 Å². The first-order chi connectivity index (χ1) is 5.54. The average Bonchev–Trinajstić information content (AvgIpc) is 2.05. The third kappa shape index (κ3) is 3.11. The lowest BCUT2D eigenvalue weighted by atomic mass is 9.97. The molecule has 0 aliphatic carbocycles. The second kappa shape index (κ2) is 5.55. The molecule has 0 aromatic heterocycles. The summed E-state index contributed by atoms with van der Waals surface area (Å²) in [6.45, 7) is 9.69. The first kappa shape index (κ1) is 11.9. The van der Waals surface area contributed by atoms with Crippen molar-refractivity contribution >= 4 is 0 Å². The van der Waals surface area contributed by atoms with E-state index in [1.807, 2.05) is 0 Å². The van der Waals surface area contributed by atoms with Crippen molar-refractivity contribution in [2.45, 2.75) is 46.2 Å². The van der Waals surface area contributed by atoms with E-state index in [4.69, 9.17) is 5.73 Å². The maximum atomic E-state index is 5.75. The molecule has 0 aliphatic rings. The van der Waals surface area contributed by atoms with Crippen LogP contribution in [0.2, 0.25) is 0 Å². The van der Waals surface area contributed by atoms with Crippen molar-refractivity contribution in [3.63, 3.8) is 0 Å². The highest BCUT2D eigenvalue weighted by atomic mass is 15.2. The summed E-state index contributed by atoms with van der Waals surface area (Å²) in [7, 11) is 2.16. The normalized spacial score (nSPS) is 17.0. The molecule has 2 heteroatoms. The molecule has 0 amide bonds. The van der Waals surface area contributed by atoms with E-state index in [-0.39, 0.29) is 0 Å². The monoisotopic (exact) mass is 172 g/mol. The molecule has 2 atom stereocenters. The molecule has 12 heavy (non-hydrogen) atoms. The van der Waals surface area contributed by atoms with Gasteiger partial charge in [-0.3, -0.25) is 4.90 Å². The van der Waals surface area contributed by atoms with Gasteiger partial charge in [-0.15, -0.1) is 0 Å². The summed E-state index contributed by atoms with van der Waals surface area (Å²) in [5, 5.41) is 0. The molecule has 2 unspecified atom stereocenters. The highest BCUT2D eigenvalue weighted by Crippen LogP contribution is 2.14. The lowest BCUT2D eigenvalue weighted by Gasteiger charge is -2.34. The summed E-state index contributed by atoms with van der Waals surface area (Å²) in [6, 6.07) is 1.13. The number of hydrogen-bond acceptors (Lipinski definition) is 2. The van der Waals surface area contributed by atoms with E-state index >= 15 is 0 Å². The van der Waals surface area contributed by atoms with Crippen molar-refractivity contribution in [2.24, 2.45) is 11.7 Å². The zero-order valence-electron chi connectivity index (χ0n) is 9.17. The van der Waals surface area contributed by atoms with Crippen LogP contribution in [0.4, 0.5) is 0 Å². The fourth-order valence-electron chi connectivity index (χ4n) is 1.46. The van der Waals surface area contributed by atoms with Crippen LogP contribution in [0.15, 0.2) is 0 Å². The summed E-state index contributed by atoms with van der Waals surface area (Å²) in [6.07, 6.45) is 1.21. The van der Waals surface area contributed by atoms with Crippen LogP contribution >= 0.6 is 0 Å². The SMILES string of the molecule is CCC(C)C(CN)N(C)C(C)C. The van der Waals surface area contributed by atoms with Gasteiger partial charge in [0, 0.05) is 18.6 Å². The number of nitrogens with zero attached hydrogens (tertiary/aromatic N) is 1. The molecular weight excluding hydrogens is 148 g/mol. The lowest BCUT2D eigenvalue weighted by Crippen LogP contribution is -2.45. The van der Waals surface area contributed by atoms with E-state index in [2.05, 4.69) is 39.6 Å². The van der Waals surface area contributed by atoms with Gasteiger partial charge in [0.15, 0.2) is 0 Å². The summed E-state index contributed by atoms with van der Waals surface area (Å²) in [5.41, 5.74) is 5.75. The minimum atomic E-state index is 0.537. The number of likely N-dealkylation sites (N-methyl/N-ethyl adjacent to an activating group) is 1. The van der Waals surface area contributed by atoms with Crippen LogP contribution in [-0.4, -0.2) is 30.6 Å². The molecule has 0 spiro atoms. The zero-order valence-corrected chi connectivity index (χ0v) is 9.17. The second-order valence-electron chi connectivity index (χ2n) is 3.95. The molecule has 0 radical (unpaired) electrons. The summed E-state index contributed by atoms with van der Waals surface area (Å²) in [5.74, 6) is 0.697. The Morgan fingerprint density at radius 1 is 1.25 bits per heavy atom. The Kier molecular flexibility index (Phi) is 5.51. The minimum absolute atomic E-state index is 0.537. The molecule has 0 saturated heterocycles. The van der Waals surface area contributed by atoms with Crippen LogP contribution in [-0.2, 0) is 0 Å². The highest BCUT2D eigenvalue weighted by molar-refractivity contribution is 4.76. The Morgan fingerprint density at radius 2 is 1.75 bits per heavy atom. The Labute approximate surface area is 77.1 Å². The van der Waals surface area contributed by atoms with Crippen molar-refractivity contribution in [1.29, 1.82) is 0 Å². The van der Waals surface area contributed by atoms with Crippen LogP contribution in [0.3, 0.4) is 0 Å². The Morgan fingerprint density at radius 3 is 2.00 bits per heavy atom. The predicted molar refractivity (Wildman–Crippen MR) is 55.2 cm³/mol. The molecule has 0 aliphatic heterocycles. The fourth-order valence-corrected chi connectivity index (χ4v) is 1.46. The van der Waals surface area contributed by atoms with Crippen LogP contribution in [0.5, 0.6) is 0 Å². The summed E-state index contributed by atoms with van der Waals surface area (Å²) >= 11 is 0. The van der Waals surface area contributed by atoms with Gasteiger partial charge in [-0.2, -0.15) is 0 Å². The third-order valence-electron chi connectivity index (χ3n) is 2.88. The van der Waals surface area contributed by atoms with Gasteiger partial charge in [-0.25, -0.2) is 0 Å². The van der Waals surface area contributed by atoms with Gasteiger partial charge in [-0.1, -0.05) is 20.3 Å². The molecule has 0 aromatic carbocycles. The van der Waals surface area contributed by atoms with Crippen LogP contribution in [0, 0.1) is 5.92 Å². The fraction of sp³-hybridized carbons (Fsp3) is 1.00. The van der Waals surface area contributed by atoms with E-state index in [1.54, 1.807) is 0 Å². The lowest BCUT2D eigenvalue weighted by molar-refractivity contribution is 0.149. The number of hydrogen-bond donors (Lipinski definition) is 1. The molecule has 74 valence electrons. The maximum absolute atomic E-state index is 5.75. The van der Waals surface area contributed by atoms with Gasteiger partial charge in [-0.05, 0) is 26.8 Å². The van der Waals surface area contributed by atoms with Gasteiger partial charge in [0.05, 0.1) is 0 Å². The van der Waals surface area contributed by atoms with Crippen molar-refractivity contribution in [1.82, 2.24) is 4.90 Å². The molecule has 0 aromatic rings. The first-order valence-electron chi connectivity index (χ1n) is 4.96. The number of rotatable bonds is 5. The van der Waals surface area contributed by atoms with E-state index in [0.717, 1.165) is 6.54 Å². The molecule has 0 saturated carbocycles. The van der Waals surface area contributed by atoms with Gasteiger partial charge in [0.2, 0.25) is 0 Å². The smallest absolute Gasteiger partial charge is 0.0243 e. The van der Waals surface area contributed by atoms with Gasteiger partial charge < -0.3 is 5.73 Å². The van der Waals surface area contributed by atoms with E-state index in [9.17, 15) is 0 Å². The Bertz CT molecular complexity index is 112. The minimum Gasteiger partial charge on any atom is -0.329 e. The van der Waals surface area contributed by atoms with Crippen molar-refractivity contribution in [3.8, 4) is 0 Å². The zero-order chi connectivity index (χ0) is 9.72. The van der Waals surface area contributed by atoms with Gasteiger partial charge >= 0.3 is 0 Å². The Hall–Kier alpha value is -0.0800. The van der Waals surface area contributed by atoms with E-state index in [1.165, 1.54) is 6.42 Å². The molecule has 0 fully saturated rings. The standard InChI is InChI=1S/C10H24N2/c1-6-9(4)10(7-11)12(5)8(2)3/h8-10H,6-7,11H2,1-5H3. The van der Waals surface area contributed by atoms with Crippen LogP contribution < -0.4 is 5.73 Å². The maximum Gasteiger partial charge on any atom is 0.0243 e. The third-order valence-corrected chi connectivity index (χ3v) is 2.88. The average molecular weight is 172 g/mol. The van der Waals surface area contributed by atoms with Gasteiger partial charge in [0.25, 0.3) is 0 Å². The molecule has 0 rings (SSSR count). The largest absolute Gasteiger partial charge is 0.329 e. The Balaban J connectivity index is 4.13. The first-order valence-corrected chi connectivity index (χ1v) is 4.96. The molecule has 0 bridgehead atoms. The van der Waals surface area contributed by atoms with Gasteiger partial charge in [0.1, 0.15) is 0 Å². The summed E-state index contributed by atoms with van der Waals surface area (Å²) < 4.78 is 0.